The maximum Gasteiger partial charge on any atom is 0.164 e. The number of hydrogen-bond acceptors (Lipinski definition) is 1. The summed E-state index contributed by atoms with van der Waals surface area (Å²) in [6.07, 6.45) is 6.91. The van der Waals surface area contributed by atoms with Crippen molar-refractivity contribution in [1.29, 1.82) is 0 Å². The molecule has 0 N–H and O–H groups in total. The normalized spacial score (nSPS) is 14.7. The van der Waals surface area contributed by atoms with Gasteiger partial charge in [-0.2, -0.15) is 0 Å². The molecule has 0 aliphatic heterocycles. The molecule has 0 unspecified atom stereocenters. The Morgan fingerprint density at radius 2 is 1.85 bits per heavy atom. The topological polar surface area (TPSA) is 22.0 Å². The molecule has 0 atom stereocenters. The molecule has 0 spiro atoms. The van der Waals surface area contributed by atoms with Gasteiger partial charge in [-0.05, 0) is 35.4 Å². The summed E-state index contributed by atoms with van der Waals surface area (Å²) in [6.45, 7) is 5.26. The fourth-order valence-electron chi connectivity index (χ4n) is 2.89. The first-order chi connectivity index (χ1) is 9.63. The number of aromatic nitrogens is 1. The first-order valence-corrected chi connectivity index (χ1v) is 7.44. The van der Waals surface area contributed by atoms with Crippen LogP contribution < -0.4 is 0 Å². The largest absolute Gasteiger partial charge is 0.349 e. The van der Waals surface area contributed by atoms with Gasteiger partial charge >= 0.3 is 0 Å². The van der Waals surface area contributed by atoms with E-state index in [0.717, 1.165) is 24.9 Å². The Morgan fingerprint density at radius 1 is 1.10 bits per heavy atom. The summed E-state index contributed by atoms with van der Waals surface area (Å²) in [5.41, 5.74) is 4.82. The van der Waals surface area contributed by atoms with Crippen LogP contribution in [0.3, 0.4) is 0 Å². The SMILES string of the molecule is CC(C)c1ccc(Cn2cc3c(c2)C(=O)CCC3)cc1. The second-order valence-corrected chi connectivity index (χ2v) is 6.04. The lowest BCUT2D eigenvalue weighted by molar-refractivity contribution is 0.0973. The van der Waals surface area contributed by atoms with Crippen LogP contribution in [0.15, 0.2) is 36.7 Å². The lowest BCUT2D eigenvalue weighted by Gasteiger charge is -2.07. The molecule has 20 heavy (non-hydrogen) atoms. The van der Waals surface area contributed by atoms with Gasteiger partial charge in [-0.1, -0.05) is 38.1 Å². The summed E-state index contributed by atoms with van der Waals surface area (Å²) < 4.78 is 2.15. The lowest BCUT2D eigenvalue weighted by atomic mass is 9.95. The van der Waals surface area contributed by atoms with E-state index in [4.69, 9.17) is 0 Å². The van der Waals surface area contributed by atoms with Gasteiger partial charge in [-0.25, -0.2) is 0 Å². The lowest BCUT2D eigenvalue weighted by Crippen LogP contribution is -2.07. The third kappa shape index (κ3) is 2.55. The molecule has 0 fully saturated rings. The summed E-state index contributed by atoms with van der Waals surface area (Å²) in [5, 5.41) is 0. The summed E-state index contributed by atoms with van der Waals surface area (Å²) in [7, 11) is 0. The number of ketones is 1. The molecule has 2 heteroatoms. The van der Waals surface area contributed by atoms with Crippen LogP contribution >= 0.6 is 0 Å². The van der Waals surface area contributed by atoms with Crippen LogP contribution in [0.25, 0.3) is 0 Å². The molecule has 1 aliphatic carbocycles. The van der Waals surface area contributed by atoms with Crippen LogP contribution in [0.4, 0.5) is 0 Å². The molecule has 3 rings (SSSR count). The smallest absolute Gasteiger partial charge is 0.164 e. The van der Waals surface area contributed by atoms with Gasteiger partial charge in [0.2, 0.25) is 0 Å². The van der Waals surface area contributed by atoms with E-state index in [0.29, 0.717) is 18.1 Å². The highest BCUT2D eigenvalue weighted by Gasteiger charge is 2.18. The van der Waals surface area contributed by atoms with E-state index in [1.165, 1.54) is 16.7 Å². The van der Waals surface area contributed by atoms with Crippen molar-refractivity contribution in [2.45, 2.75) is 45.6 Å². The second-order valence-electron chi connectivity index (χ2n) is 6.04. The highest BCUT2D eigenvalue weighted by molar-refractivity contribution is 5.98. The summed E-state index contributed by atoms with van der Waals surface area (Å²) in [4.78, 5) is 11.9. The van der Waals surface area contributed by atoms with E-state index < -0.39 is 0 Å². The van der Waals surface area contributed by atoms with Crippen molar-refractivity contribution < 1.29 is 4.79 Å². The molecule has 1 aromatic carbocycles. The Kier molecular flexibility index (Phi) is 3.47. The van der Waals surface area contributed by atoms with Gasteiger partial charge in [0.15, 0.2) is 5.78 Å². The van der Waals surface area contributed by atoms with Crippen LogP contribution in [0.5, 0.6) is 0 Å². The van der Waals surface area contributed by atoms with E-state index in [1.807, 2.05) is 6.20 Å². The first kappa shape index (κ1) is 13.2. The van der Waals surface area contributed by atoms with Gasteiger partial charge in [0, 0.05) is 30.9 Å². The number of hydrogen-bond donors (Lipinski definition) is 0. The fourth-order valence-corrected chi connectivity index (χ4v) is 2.89. The molecule has 0 amide bonds. The highest BCUT2D eigenvalue weighted by Crippen LogP contribution is 2.23. The minimum atomic E-state index is 0.306. The van der Waals surface area contributed by atoms with Crippen LogP contribution in [0.1, 0.15) is 59.7 Å². The maximum atomic E-state index is 11.9. The molecule has 1 heterocycles. The third-order valence-electron chi connectivity index (χ3n) is 4.12. The van der Waals surface area contributed by atoms with Crippen molar-refractivity contribution in [2.24, 2.45) is 0 Å². The second kappa shape index (κ2) is 5.28. The Balaban J connectivity index is 1.79. The number of benzene rings is 1. The van der Waals surface area contributed by atoms with Crippen molar-refractivity contribution in [3.63, 3.8) is 0 Å². The Hall–Kier alpha value is -1.83. The molecule has 0 saturated heterocycles. The highest BCUT2D eigenvalue weighted by atomic mass is 16.1. The van der Waals surface area contributed by atoms with E-state index in [9.17, 15) is 4.79 Å². The van der Waals surface area contributed by atoms with Crippen molar-refractivity contribution in [3.05, 3.63) is 58.9 Å². The molecular formula is C18H21NO. The van der Waals surface area contributed by atoms with Crippen LogP contribution in [0.2, 0.25) is 0 Å². The number of fused-ring (bicyclic) bond motifs is 1. The molecule has 0 bridgehead atoms. The number of rotatable bonds is 3. The predicted octanol–water partition coefficient (Wildman–Crippen LogP) is 4.18. The van der Waals surface area contributed by atoms with Gasteiger partial charge in [0.05, 0.1) is 0 Å². The Morgan fingerprint density at radius 3 is 2.50 bits per heavy atom. The van der Waals surface area contributed by atoms with Gasteiger partial charge < -0.3 is 4.57 Å². The number of nitrogens with zero attached hydrogens (tertiary/aromatic N) is 1. The van der Waals surface area contributed by atoms with Crippen LogP contribution in [0, 0.1) is 0 Å². The van der Waals surface area contributed by atoms with E-state index in [1.54, 1.807) is 0 Å². The molecule has 1 aliphatic rings. The summed E-state index contributed by atoms with van der Waals surface area (Å²) in [6, 6.07) is 8.79. The molecule has 2 nitrogen and oxygen atoms in total. The maximum absolute atomic E-state index is 11.9. The van der Waals surface area contributed by atoms with Crippen molar-refractivity contribution >= 4 is 5.78 Å². The van der Waals surface area contributed by atoms with Crippen LogP contribution in [-0.4, -0.2) is 10.4 Å². The average molecular weight is 267 g/mol. The first-order valence-electron chi connectivity index (χ1n) is 7.44. The standard InChI is InChI=1S/C18H21NO/c1-13(2)15-8-6-14(7-9-15)10-19-11-16-4-3-5-18(20)17(16)12-19/h6-9,11-13H,3-5,10H2,1-2H3. The van der Waals surface area contributed by atoms with Gasteiger partial charge in [-0.3, -0.25) is 4.79 Å². The van der Waals surface area contributed by atoms with E-state index >= 15 is 0 Å². The number of carbonyl (C=O) groups is 1. The average Bonchev–Trinajstić information content (AvgIpc) is 2.83. The van der Waals surface area contributed by atoms with E-state index in [-0.39, 0.29) is 0 Å². The van der Waals surface area contributed by atoms with Gasteiger partial charge in [0.25, 0.3) is 0 Å². The van der Waals surface area contributed by atoms with E-state index in [2.05, 4.69) is 48.9 Å². The predicted molar refractivity (Wildman–Crippen MR) is 81.3 cm³/mol. The number of Topliss-reactive ketones (excluding diaryl/α,β-unsaturated/α-hetero) is 1. The summed E-state index contributed by atoms with van der Waals surface area (Å²) >= 11 is 0. The third-order valence-corrected chi connectivity index (χ3v) is 4.12. The molecule has 2 aromatic rings. The molecule has 0 saturated carbocycles. The number of carbonyl (C=O) groups excluding carboxylic acids is 1. The molecule has 0 radical (unpaired) electrons. The molecular weight excluding hydrogens is 246 g/mol. The zero-order valence-electron chi connectivity index (χ0n) is 12.2. The van der Waals surface area contributed by atoms with Gasteiger partial charge in [0.1, 0.15) is 0 Å². The van der Waals surface area contributed by atoms with Crippen molar-refractivity contribution in [2.75, 3.05) is 0 Å². The monoisotopic (exact) mass is 267 g/mol. The minimum Gasteiger partial charge on any atom is -0.349 e. The fraction of sp³-hybridized carbons (Fsp3) is 0.389. The zero-order valence-corrected chi connectivity index (χ0v) is 12.2. The molecule has 1 aromatic heterocycles. The minimum absolute atomic E-state index is 0.306. The molecule has 104 valence electrons. The quantitative estimate of drug-likeness (QED) is 0.817. The summed E-state index contributed by atoms with van der Waals surface area (Å²) in [5.74, 6) is 0.876. The van der Waals surface area contributed by atoms with Crippen molar-refractivity contribution in [1.82, 2.24) is 4.57 Å². The van der Waals surface area contributed by atoms with Gasteiger partial charge in [-0.15, -0.1) is 0 Å². The Labute approximate surface area is 120 Å². The zero-order chi connectivity index (χ0) is 14.1. The number of aryl methyl sites for hydroxylation is 1. The Bertz CT molecular complexity index is 619. The van der Waals surface area contributed by atoms with Crippen LogP contribution in [-0.2, 0) is 13.0 Å². The van der Waals surface area contributed by atoms with Crippen molar-refractivity contribution in [3.8, 4) is 0 Å².